The summed E-state index contributed by atoms with van der Waals surface area (Å²) in [5, 5.41) is 3.27. The van der Waals surface area contributed by atoms with Gasteiger partial charge in [-0.1, -0.05) is 0 Å². The molecule has 0 bridgehead atoms. The summed E-state index contributed by atoms with van der Waals surface area (Å²) >= 11 is 0. The summed E-state index contributed by atoms with van der Waals surface area (Å²) in [5.74, 6) is 1.44. The van der Waals surface area contributed by atoms with Gasteiger partial charge >= 0.3 is 0 Å². The van der Waals surface area contributed by atoms with Crippen molar-refractivity contribution in [3.63, 3.8) is 0 Å². The van der Waals surface area contributed by atoms with Crippen LogP contribution in [0.15, 0.2) is 12.1 Å². The molecule has 1 saturated heterocycles. The number of carbonyl (C=O) groups is 1. The highest BCUT2D eigenvalue weighted by Crippen LogP contribution is 2.38. The summed E-state index contributed by atoms with van der Waals surface area (Å²) < 4.78 is 15.9. The van der Waals surface area contributed by atoms with Crippen LogP contribution in [0.4, 0.5) is 0 Å². The van der Waals surface area contributed by atoms with Crippen molar-refractivity contribution in [2.75, 3.05) is 41.0 Å². The molecule has 1 atom stereocenters. The molecule has 1 heterocycles. The quantitative estimate of drug-likeness (QED) is 0.902. The van der Waals surface area contributed by atoms with Gasteiger partial charge in [-0.15, -0.1) is 0 Å². The van der Waals surface area contributed by atoms with Gasteiger partial charge in [0.1, 0.15) is 0 Å². The van der Waals surface area contributed by atoms with Gasteiger partial charge in [0.05, 0.1) is 21.3 Å². The summed E-state index contributed by atoms with van der Waals surface area (Å²) in [6.07, 6.45) is 0. The maximum Gasteiger partial charge on any atom is 0.254 e. The SMILES string of the molecule is COc1cc(C(=O)N2CCNC[C@H]2C)cc(OC)c1OC. The van der Waals surface area contributed by atoms with E-state index < -0.39 is 0 Å². The van der Waals surface area contributed by atoms with Crippen molar-refractivity contribution in [2.45, 2.75) is 13.0 Å². The number of piperazine rings is 1. The van der Waals surface area contributed by atoms with Crippen LogP contribution in [-0.2, 0) is 0 Å². The Morgan fingerprint density at radius 3 is 2.29 bits per heavy atom. The first-order valence-electron chi connectivity index (χ1n) is 6.94. The molecule has 1 aliphatic rings. The fourth-order valence-corrected chi connectivity index (χ4v) is 2.51. The maximum absolute atomic E-state index is 12.7. The minimum Gasteiger partial charge on any atom is -0.493 e. The van der Waals surface area contributed by atoms with Crippen molar-refractivity contribution in [2.24, 2.45) is 0 Å². The van der Waals surface area contributed by atoms with Crippen LogP contribution in [0.3, 0.4) is 0 Å². The Morgan fingerprint density at radius 1 is 1.19 bits per heavy atom. The van der Waals surface area contributed by atoms with Crippen LogP contribution in [-0.4, -0.2) is 57.8 Å². The van der Waals surface area contributed by atoms with Gasteiger partial charge in [-0.05, 0) is 19.1 Å². The van der Waals surface area contributed by atoms with Gasteiger partial charge in [-0.3, -0.25) is 4.79 Å². The van der Waals surface area contributed by atoms with Gasteiger partial charge in [0, 0.05) is 31.2 Å². The van der Waals surface area contributed by atoms with Crippen LogP contribution in [0.5, 0.6) is 17.2 Å². The molecule has 1 aliphatic heterocycles. The summed E-state index contributed by atoms with van der Waals surface area (Å²) in [6.45, 7) is 4.33. The highest BCUT2D eigenvalue weighted by atomic mass is 16.5. The molecule has 0 aliphatic carbocycles. The molecule has 0 unspecified atom stereocenters. The van der Waals surface area contributed by atoms with E-state index in [4.69, 9.17) is 14.2 Å². The minimum absolute atomic E-state index is 0.0248. The average Bonchev–Trinajstić information content (AvgIpc) is 2.53. The molecular formula is C15H22N2O4. The molecule has 1 N–H and O–H groups in total. The number of nitrogens with zero attached hydrogens (tertiary/aromatic N) is 1. The van der Waals surface area contributed by atoms with Crippen LogP contribution in [0.25, 0.3) is 0 Å². The Bertz CT molecular complexity index is 493. The molecule has 116 valence electrons. The van der Waals surface area contributed by atoms with Crippen LogP contribution >= 0.6 is 0 Å². The summed E-state index contributed by atoms with van der Waals surface area (Å²) in [4.78, 5) is 14.6. The Labute approximate surface area is 125 Å². The number of ether oxygens (including phenoxy) is 3. The second-order valence-electron chi connectivity index (χ2n) is 4.97. The number of methoxy groups -OCH3 is 3. The molecule has 1 aromatic carbocycles. The second kappa shape index (κ2) is 6.67. The zero-order valence-electron chi connectivity index (χ0n) is 12.9. The Balaban J connectivity index is 2.36. The van der Waals surface area contributed by atoms with E-state index in [9.17, 15) is 4.79 Å². The largest absolute Gasteiger partial charge is 0.493 e. The monoisotopic (exact) mass is 294 g/mol. The number of hydrogen-bond acceptors (Lipinski definition) is 5. The van der Waals surface area contributed by atoms with E-state index in [1.165, 1.54) is 0 Å². The van der Waals surface area contributed by atoms with Gasteiger partial charge in [0.2, 0.25) is 5.75 Å². The van der Waals surface area contributed by atoms with Gasteiger partial charge in [-0.25, -0.2) is 0 Å². The number of hydrogen-bond donors (Lipinski definition) is 1. The Hall–Kier alpha value is -1.95. The van der Waals surface area contributed by atoms with Crippen LogP contribution < -0.4 is 19.5 Å². The molecule has 1 fully saturated rings. The van der Waals surface area contributed by atoms with Crippen molar-refractivity contribution < 1.29 is 19.0 Å². The van der Waals surface area contributed by atoms with E-state index in [2.05, 4.69) is 5.32 Å². The number of benzene rings is 1. The fourth-order valence-electron chi connectivity index (χ4n) is 2.51. The van der Waals surface area contributed by atoms with Crippen molar-refractivity contribution in [3.05, 3.63) is 17.7 Å². The Kier molecular flexibility index (Phi) is 4.90. The number of amides is 1. The van der Waals surface area contributed by atoms with E-state index in [1.807, 2.05) is 11.8 Å². The minimum atomic E-state index is -0.0248. The summed E-state index contributed by atoms with van der Waals surface area (Å²) in [5.41, 5.74) is 0.540. The molecule has 6 nitrogen and oxygen atoms in total. The lowest BCUT2D eigenvalue weighted by atomic mass is 10.1. The van der Waals surface area contributed by atoms with E-state index in [-0.39, 0.29) is 11.9 Å². The summed E-state index contributed by atoms with van der Waals surface area (Å²) in [6, 6.07) is 3.54. The Morgan fingerprint density at radius 2 is 1.81 bits per heavy atom. The van der Waals surface area contributed by atoms with Gasteiger partial charge in [-0.2, -0.15) is 0 Å². The zero-order chi connectivity index (χ0) is 15.4. The van der Waals surface area contributed by atoms with Crippen LogP contribution in [0.1, 0.15) is 17.3 Å². The molecule has 2 rings (SSSR count). The molecule has 21 heavy (non-hydrogen) atoms. The normalized spacial score (nSPS) is 18.3. The number of rotatable bonds is 4. The lowest BCUT2D eigenvalue weighted by Crippen LogP contribution is -2.52. The van der Waals surface area contributed by atoms with Crippen molar-refractivity contribution >= 4 is 5.91 Å². The van der Waals surface area contributed by atoms with Crippen molar-refractivity contribution in [1.82, 2.24) is 10.2 Å². The van der Waals surface area contributed by atoms with Gasteiger partial charge < -0.3 is 24.4 Å². The topological polar surface area (TPSA) is 60.0 Å². The van der Waals surface area contributed by atoms with E-state index >= 15 is 0 Å². The first-order chi connectivity index (χ1) is 10.1. The highest BCUT2D eigenvalue weighted by molar-refractivity contribution is 5.96. The number of nitrogens with one attached hydrogen (secondary N) is 1. The zero-order valence-corrected chi connectivity index (χ0v) is 12.9. The maximum atomic E-state index is 12.7. The third kappa shape index (κ3) is 3.05. The first-order valence-corrected chi connectivity index (χ1v) is 6.94. The predicted octanol–water partition coefficient (Wildman–Crippen LogP) is 1.15. The fraction of sp³-hybridized carbons (Fsp3) is 0.533. The van der Waals surface area contributed by atoms with Crippen molar-refractivity contribution in [1.29, 1.82) is 0 Å². The van der Waals surface area contributed by atoms with Crippen LogP contribution in [0.2, 0.25) is 0 Å². The molecule has 0 spiro atoms. The molecule has 0 aromatic heterocycles. The molecule has 6 heteroatoms. The van der Waals surface area contributed by atoms with Crippen molar-refractivity contribution in [3.8, 4) is 17.2 Å². The molecule has 0 saturated carbocycles. The van der Waals surface area contributed by atoms with Crippen LogP contribution in [0, 0.1) is 0 Å². The molecular weight excluding hydrogens is 272 g/mol. The number of carbonyl (C=O) groups excluding carboxylic acids is 1. The van der Waals surface area contributed by atoms with E-state index in [0.717, 1.165) is 13.1 Å². The summed E-state index contributed by atoms with van der Waals surface area (Å²) in [7, 11) is 4.62. The lowest BCUT2D eigenvalue weighted by molar-refractivity contribution is 0.0655. The predicted molar refractivity (Wildman–Crippen MR) is 79.5 cm³/mol. The van der Waals surface area contributed by atoms with Gasteiger partial charge in [0.15, 0.2) is 11.5 Å². The molecule has 1 amide bonds. The molecule has 1 aromatic rings. The molecule has 0 radical (unpaired) electrons. The van der Waals surface area contributed by atoms with E-state index in [1.54, 1.807) is 33.5 Å². The lowest BCUT2D eigenvalue weighted by Gasteiger charge is -2.34. The highest BCUT2D eigenvalue weighted by Gasteiger charge is 2.26. The third-order valence-corrected chi connectivity index (χ3v) is 3.67. The first kappa shape index (κ1) is 15.4. The third-order valence-electron chi connectivity index (χ3n) is 3.67. The second-order valence-corrected chi connectivity index (χ2v) is 4.97. The standard InChI is InChI=1S/C15H22N2O4/c1-10-9-16-5-6-17(10)15(18)11-7-12(19-2)14(21-4)13(8-11)20-3/h7-8,10,16H,5-6,9H2,1-4H3/t10-/m1/s1. The smallest absolute Gasteiger partial charge is 0.254 e. The van der Waals surface area contributed by atoms with E-state index in [0.29, 0.717) is 29.4 Å². The van der Waals surface area contributed by atoms with Gasteiger partial charge in [0.25, 0.3) is 5.91 Å². The average molecular weight is 294 g/mol.